The zero-order valence-electron chi connectivity index (χ0n) is 14.2. The molecule has 0 unspecified atom stereocenters. The van der Waals surface area contributed by atoms with Crippen molar-refractivity contribution in [3.63, 3.8) is 0 Å². The predicted molar refractivity (Wildman–Crippen MR) is 88.9 cm³/mol. The maximum atomic E-state index is 5.87. The molecule has 0 spiro atoms. The van der Waals surface area contributed by atoms with Gasteiger partial charge in [0.25, 0.3) is 0 Å². The predicted octanol–water partition coefficient (Wildman–Crippen LogP) is 3.93. The van der Waals surface area contributed by atoms with Gasteiger partial charge in [-0.2, -0.15) is 0 Å². The molecule has 0 saturated heterocycles. The Balaban J connectivity index is 2.39. The maximum absolute atomic E-state index is 5.87. The van der Waals surface area contributed by atoms with E-state index in [1.54, 1.807) is 0 Å². The van der Waals surface area contributed by atoms with E-state index in [1.165, 1.54) is 11.1 Å². The van der Waals surface area contributed by atoms with E-state index in [-0.39, 0.29) is 0 Å². The van der Waals surface area contributed by atoms with Crippen LogP contribution in [0.3, 0.4) is 0 Å². The van der Waals surface area contributed by atoms with Gasteiger partial charge in [0.2, 0.25) is 0 Å². The highest BCUT2D eigenvalue weighted by molar-refractivity contribution is 5.36. The fourth-order valence-electron chi connectivity index (χ4n) is 1.93. The zero-order valence-corrected chi connectivity index (χ0v) is 14.2. The van der Waals surface area contributed by atoms with Crippen LogP contribution in [0, 0.1) is 12.8 Å². The summed E-state index contributed by atoms with van der Waals surface area (Å²) in [6.07, 6.45) is 1.11. The molecule has 3 nitrogen and oxygen atoms in total. The number of ether oxygens (including phenoxy) is 2. The van der Waals surface area contributed by atoms with Gasteiger partial charge in [0.15, 0.2) is 0 Å². The van der Waals surface area contributed by atoms with Crippen LogP contribution < -0.4 is 10.1 Å². The van der Waals surface area contributed by atoms with Crippen LogP contribution >= 0.6 is 0 Å². The second-order valence-corrected chi connectivity index (χ2v) is 6.29. The molecule has 0 atom stereocenters. The molecular formula is C18H31NO2. The smallest absolute Gasteiger partial charge is 0.123 e. The molecule has 0 bridgehead atoms. The van der Waals surface area contributed by atoms with E-state index in [2.05, 4.69) is 58.1 Å². The van der Waals surface area contributed by atoms with Crippen LogP contribution in [-0.4, -0.2) is 25.9 Å². The minimum Gasteiger partial charge on any atom is -0.491 e. The topological polar surface area (TPSA) is 30.5 Å². The minimum atomic E-state index is 0.470. The first-order valence-electron chi connectivity index (χ1n) is 8.02. The lowest BCUT2D eigenvalue weighted by Crippen LogP contribution is -2.22. The molecule has 0 aromatic heterocycles. The van der Waals surface area contributed by atoms with Crippen LogP contribution in [0.25, 0.3) is 0 Å². The van der Waals surface area contributed by atoms with Crippen LogP contribution in [0.2, 0.25) is 0 Å². The Bertz CT molecular complexity index is 402. The van der Waals surface area contributed by atoms with E-state index < -0.39 is 0 Å². The Hall–Kier alpha value is -1.06. The summed E-state index contributed by atoms with van der Waals surface area (Å²) < 4.78 is 11.5. The lowest BCUT2D eigenvalue weighted by Gasteiger charge is -2.15. The molecule has 0 fully saturated rings. The van der Waals surface area contributed by atoms with Crippen molar-refractivity contribution in [2.24, 2.45) is 5.92 Å². The number of benzene rings is 1. The number of nitrogens with one attached hydrogen (secondary N) is 1. The normalized spacial score (nSPS) is 11.4. The maximum Gasteiger partial charge on any atom is 0.123 e. The highest BCUT2D eigenvalue weighted by Gasteiger charge is 2.05. The molecule has 21 heavy (non-hydrogen) atoms. The quantitative estimate of drug-likeness (QED) is 0.663. The zero-order chi connectivity index (χ0) is 15.7. The Morgan fingerprint density at radius 1 is 1.05 bits per heavy atom. The Labute approximate surface area is 130 Å². The number of hydrogen-bond acceptors (Lipinski definition) is 3. The molecule has 0 amide bonds. The highest BCUT2D eigenvalue weighted by atomic mass is 16.5. The molecule has 0 heterocycles. The molecule has 0 aliphatic heterocycles. The number of aryl methyl sites for hydroxylation is 1. The average molecular weight is 293 g/mol. The van der Waals surface area contributed by atoms with E-state index in [4.69, 9.17) is 9.47 Å². The molecule has 0 saturated carbocycles. The van der Waals surface area contributed by atoms with Gasteiger partial charge in [-0.25, -0.2) is 0 Å². The molecule has 1 rings (SSSR count). The molecule has 3 heteroatoms. The minimum absolute atomic E-state index is 0.470. The van der Waals surface area contributed by atoms with Crippen molar-refractivity contribution in [2.75, 3.05) is 19.8 Å². The Kier molecular flexibility index (Phi) is 8.40. The van der Waals surface area contributed by atoms with Crippen molar-refractivity contribution in [3.8, 4) is 5.75 Å². The highest BCUT2D eigenvalue weighted by Crippen LogP contribution is 2.20. The summed E-state index contributed by atoms with van der Waals surface area (Å²) in [6, 6.07) is 6.80. The van der Waals surface area contributed by atoms with Gasteiger partial charge in [0.1, 0.15) is 12.4 Å². The fourth-order valence-corrected chi connectivity index (χ4v) is 1.93. The molecule has 1 N–H and O–H groups in total. The van der Waals surface area contributed by atoms with Gasteiger partial charge in [-0.1, -0.05) is 45.4 Å². The first-order chi connectivity index (χ1) is 9.99. The lowest BCUT2D eigenvalue weighted by molar-refractivity contribution is 0.0922. The number of rotatable bonds is 10. The fraction of sp³-hybridized carbons (Fsp3) is 0.667. The molecule has 1 aromatic carbocycles. The van der Waals surface area contributed by atoms with Crippen molar-refractivity contribution in [1.82, 2.24) is 5.32 Å². The molecule has 0 aliphatic carbocycles. The third-order valence-corrected chi connectivity index (χ3v) is 3.24. The van der Waals surface area contributed by atoms with Crippen molar-refractivity contribution in [2.45, 2.75) is 53.6 Å². The van der Waals surface area contributed by atoms with Gasteiger partial charge < -0.3 is 14.8 Å². The summed E-state index contributed by atoms with van der Waals surface area (Å²) in [5.74, 6) is 1.65. The molecular weight excluding hydrogens is 262 g/mol. The standard InChI is InChI=1S/C18H31NO2/c1-14(2)8-9-20-10-11-21-18-7-6-16(5)12-17(18)13-19-15(3)4/h6-7,12,14-15,19H,8-11,13H2,1-5H3. The van der Waals surface area contributed by atoms with Crippen LogP contribution in [0.4, 0.5) is 0 Å². The SMILES string of the molecule is Cc1ccc(OCCOCCC(C)C)c(CNC(C)C)c1. The van der Waals surface area contributed by atoms with Crippen molar-refractivity contribution in [3.05, 3.63) is 29.3 Å². The average Bonchev–Trinajstić information content (AvgIpc) is 2.41. The lowest BCUT2D eigenvalue weighted by atomic mass is 10.1. The van der Waals surface area contributed by atoms with Gasteiger partial charge in [0, 0.05) is 24.8 Å². The summed E-state index contributed by atoms with van der Waals surface area (Å²) in [5.41, 5.74) is 2.47. The third-order valence-electron chi connectivity index (χ3n) is 3.24. The summed E-state index contributed by atoms with van der Waals surface area (Å²) >= 11 is 0. The van der Waals surface area contributed by atoms with Gasteiger partial charge in [-0.05, 0) is 25.3 Å². The monoisotopic (exact) mass is 293 g/mol. The number of hydrogen-bond donors (Lipinski definition) is 1. The van der Waals surface area contributed by atoms with E-state index in [0.717, 1.165) is 25.3 Å². The van der Waals surface area contributed by atoms with Gasteiger partial charge in [0.05, 0.1) is 6.61 Å². The van der Waals surface area contributed by atoms with Crippen molar-refractivity contribution < 1.29 is 9.47 Å². The summed E-state index contributed by atoms with van der Waals surface area (Å²) in [4.78, 5) is 0. The van der Waals surface area contributed by atoms with E-state index in [9.17, 15) is 0 Å². The van der Waals surface area contributed by atoms with Gasteiger partial charge in [-0.15, -0.1) is 0 Å². The van der Waals surface area contributed by atoms with Crippen LogP contribution in [0.15, 0.2) is 18.2 Å². The second kappa shape index (κ2) is 9.80. The largest absolute Gasteiger partial charge is 0.491 e. The van der Waals surface area contributed by atoms with E-state index in [1.807, 2.05) is 0 Å². The van der Waals surface area contributed by atoms with Crippen LogP contribution in [0.5, 0.6) is 5.75 Å². The Morgan fingerprint density at radius 3 is 2.48 bits per heavy atom. The third kappa shape index (κ3) is 8.08. The molecule has 0 aliphatic rings. The van der Waals surface area contributed by atoms with E-state index in [0.29, 0.717) is 25.2 Å². The van der Waals surface area contributed by atoms with Gasteiger partial charge >= 0.3 is 0 Å². The summed E-state index contributed by atoms with van der Waals surface area (Å²) in [7, 11) is 0. The first kappa shape index (κ1) is 18.0. The van der Waals surface area contributed by atoms with Crippen molar-refractivity contribution >= 4 is 0 Å². The van der Waals surface area contributed by atoms with Crippen molar-refractivity contribution in [1.29, 1.82) is 0 Å². The first-order valence-corrected chi connectivity index (χ1v) is 8.02. The molecule has 120 valence electrons. The molecule has 0 radical (unpaired) electrons. The van der Waals surface area contributed by atoms with Crippen LogP contribution in [-0.2, 0) is 11.3 Å². The summed E-state index contributed by atoms with van der Waals surface area (Å²) in [5, 5.41) is 3.44. The molecule has 1 aromatic rings. The van der Waals surface area contributed by atoms with Crippen LogP contribution in [0.1, 0.15) is 45.2 Å². The van der Waals surface area contributed by atoms with Gasteiger partial charge in [-0.3, -0.25) is 0 Å². The summed E-state index contributed by atoms with van der Waals surface area (Å²) in [6.45, 7) is 13.7. The Morgan fingerprint density at radius 2 is 1.81 bits per heavy atom. The second-order valence-electron chi connectivity index (χ2n) is 6.29. The van der Waals surface area contributed by atoms with E-state index >= 15 is 0 Å².